The van der Waals surface area contributed by atoms with Gasteiger partial charge in [0.15, 0.2) is 5.65 Å². The van der Waals surface area contributed by atoms with E-state index in [1.807, 2.05) is 30.3 Å². The number of halogens is 2. The zero-order valence-electron chi connectivity index (χ0n) is 20.3. The second kappa shape index (κ2) is 9.89. The van der Waals surface area contributed by atoms with Crippen LogP contribution in [0, 0.1) is 5.82 Å². The molecule has 2 fully saturated rings. The van der Waals surface area contributed by atoms with E-state index in [1.165, 1.54) is 6.07 Å². The first-order chi connectivity index (χ1) is 18.0. The minimum atomic E-state index is -0.746. The molecule has 37 heavy (non-hydrogen) atoms. The maximum Gasteiger partial charge on any atom is 0.251 e. The number of carbonyl (C=O) groups is 1. The summed E-state index contributed by atoms with van der Waals surface area (Å²) in [5.41, 5.74) is 4.04. The first kappa shape index (κ1) is 23.5. The Morgan fingerprint density at radius 3 is 2.54 bits per heavy atom. The Balaban J connectivity index is 1.19. The average molecular weight is 503 g/mol. The third-order valence-corrected chi connectivity index (χ3v) is 6.95. The smallest absolute Gasteiger partial charge is 0.251 e. The number of aromatic nitrogens is 3. The third kappa shape index (κ3) is 5.32. The molecule has 7 nitrogen and oxygen atoms in total. The summed E-state index contributed by atoms with van der Waals surface area (Å²) >= 11 is 0. The minimum absolute atomic E-state index is 0.0628. The van der Waals surface area contributed by atoms with Crippen LogP contribution in [-0.2, 0) is 6.54 Å². The van der Waals surface area contributed by atoms with Crippen LogP contribution >= 0.6 is 0 Å². The lowest BCUT2D eigenvalue weighted by Crippen LogP contribution is -2.34. The number of alkyl halides is 1. The number of rotatable bonds is 7. The molecular weight excluding hydrogens is 474 g/mol. The standard InChI is InChI=1S/C28H28F2N6O/c29-21-11-14-35(15-12-21)17-20-4-3-19(16-25(20)30)24-2-1-13-36-26(24)33-28(34-36)32-23-7-5-18(6-8-23)27(37)31-22-9-10-22/h1-8,13,16,21-22H,9-12,14-15,17H2,(H,31,37)(H,32,34). The fourth-order valence-electron chi connectivity index (χ4n) is 4.66. The fourth-order valence-corrected chi connectivity index (χ4v) is 4.66. The van der Waals surface area contributed by atoms with E-state index >= 15 is 4.39 Å². The van der Waals surface area contributed by atoms with E-state index in [9.17, 15) is 9.18 Å². The quantitative estimate of drug-likeness (QED) is 0.368. The largest absolute Gasteiger partial charge is 0.349 e. The zero-order chi connectivity index (χ0) is 25.4. The summed E-state index contributed by atoms with van der Waals surface area (Å²) in [7, 11) is 0. The molecule has 1 saturated heterocycles. The summed E-state index contributed by atoms with van der Waals surface area (Å²) in [6.07, 6.45) is 4.15. The van der Waals surface area contributed by atoms with E-state index in [2.05, 4.69) is 25.6 Å². The highest BCUT2D eigenvalue weighted by Gasteiger charge is 2.24. The van der Waals surface area contributed by atoms with Crippen molar-refractivity contribution in [2.75, 3.05) is 18.4 Å². The molecule has 0 unspecified atom stereocenters. The normalized spacial score (nSPS) is 16.7. The molecule has 1 saturated carbocycles. The number of hydrogen-bond acceptors (Lipinski definition) is 5. The van der Waals surface area contributed by atoms with Crippen LogP contribution in [-0.4, -0.2) is 50.7 Å². The van der Waals surface area contributed by atoms with Crippen LogP contribution in [0.25, 0.3) is 16.8 Å². The van der Waals surface area contributed by atoms with E-state index in [-0.39, 0.29) is 11.7 Å². The maximum atomic E-state index is 15.0. The molecule has 1 aliphatic heterocycles. The number of fused-ring (bicyclic) bond motifs is 1. The van der Waals surface area contributed by atoms with Crippen molar-refractivity contribution < 1.29 is 13.6 Å². The van der Waals surface area contributed by atoms with Gasteiger partial charge in [-0.05, 0) is 73.7 Å². The Bertz CT molecular complexity index is 1420. The lowest BCUT2D eigenvalue weighted by molar-refractivity contribution is 0.0951. The molecule has 190 valence electrons. The van der Waals surface area contributed by atoms with E-state index < -0.39 is 6.17 Å². The summed E-state index contributed by atoms with van der Waals surface area (Å²) < 4.78 is 30.1. The molecule has 1 aliphatic carbocycles. The van der Waals surface area contributed by atoms with Gasteiger partial charge in [0.2, 0.25) is 5.95 Å². The maximum absolute atomic E-state index is 15.0. The summed E-state index contributed by atoms with van der Waals surface area (Å²) in [4.78, 5) is 18.9. The molecule has 2 aromatic heterocycles. The van der Waals surface area contributed by atoms with Crippen molar-refractivity contribution >= 4 is 23.2 Å². The molecule has 0 spiro atoms. The van der Waals surface area contributed by atoms with Crippen LogP contribution in [0.2, 0.25) is 0 Å². The Morgan fingerprint density at radius 2 is 1.81 bits per heavy atom. The second-order valence-electron chi connectivity index (χ2n) is 9.83. The Morgan fingerprint density at radius 1 is 1.03 bits per heavy atom. The lowest BCUT2D eigenvalue weighted by atomic mass is 10.0. The lowest BCUT2D eigenvalue weighted by Gasteiger charge is -2.28. The van der Waals surface area contributed by atoms with Crippen molar-refractivity contribution in [2.45, 2.75) is 44.4 Å². The van der Waals surface area contributed by atoms with Crippen LogP contribution in [0.5, 0.6) is 0 Å². The molecule has 1 amide bonds. The van der Waals surface area contributed by atoms with Crippen molar-refractivity contribution in [3.05, 3.63) is 77.7 Å². The molecule has 0 bridgehead atoms. The van der Waals surface area contributed by atoms with Crippen molar-refractivity contribution in [2.24, 2.45) is 0 Å². The molecule has 4 aromatic rings. The molecule has 9 heteroatoms. The predicted octanol–water partition coefficient (Wildman–Crippen LogP) is 5.11. The van der Waals surface area contributed by atoms with Crippen LogP contribution in [0.3, 0.4) is 0 Å². The highest BCUT2D eigenvalue weighted by Crippen LogP contribution is 2.28. The van der Waals surface area contributed by atoms with Crippen molar-refractivity contribution in [3.63, 3.8) is 0 Å². The van der Waals surface area contributed by atoms with Crippen LogP contribution in [0.4, 0.5) is 20.4 Å². The fraction of sp³-hybridized carbons (Fsp3) is 0.321. The molecule has 0 atom stereocenters. The number of carbonyl (C=O) groups excluding carboxylic acids is 1. The van der Waals surface area contributed by atoms with Gasteiger partial charge in [-0.15, -0.1) is 5.10 Å². The minimum Gasteiger partial charge on any atom is -0.349 e. The van der Waals surface area contributed by atoms with Gasteiger partial charge < -0.3 is 10.6 Å². The highest BCUT2D eigenvalue weighted by atomic mass is 19.1. The number of piperidine rings is 1. The van der Waals surface area contributed by atoms with Gasteiger partial charge in [-0.3, -0.25) is 9.69 Å². The van der Waals surface area contributed by atoms with E-state index in [1.54, 1.807) is 28.9 Å². The summed E-state index contributed by atoms with van der Waals surface area (Å²) in [6.45, 7) is 1.77. The Kier molecular flexibility index (Phi) is 6.30. The molecular formula is C28H28F2N6O. The van der Waals surface area contributed by atoms with Gasteiger partial charge in [-0.1, -0.05) is 12.1 Å². The number of likely N-dealkylation sites (tertiary alicyclic amines) is 1. The first-order valence-corrected chi connectivity index (χ1v) is 12.7. The number of nitrogens with zero attached hydrogens (tertiary/aromatic N) is 4. The van der Waals surface area contributed by atoms with Crippen molar-refractivity contribution in [1.82, 2.24) is 24.8 Å². The van der Waals surface area contributed by atoms with Gasteiger partial charge in [-0.2, -0.15) is 4.98 Å². The van der Waals surface area contributed by atoms with Crippen molar-refractivity contribution in [3.8, 4) is 11.1 Å². The van der Waals surface area contributed by atoms with E-state index in [0.29, 0.717) is 66.8 Å². The first-order valence-electron chi connectivity index (χ1n) is 12.7. The molecule has 6 rings (SSSR count). The highest BCUT2D eigenvalue weighted by molar-refractivity contribution is 5.95. The number of pyridine rings is 1. The van der Waals surface area contributed by atoms with Crippen LogP contribution < -0.4 is 10.6 Å². The van der Waals surface area contributed by atoms with E-state index in [0.717, 1.165) is 24.1 Å². The monoisotopic (exact) mass is 502 g/mol. The van der Waals surface area contributed by atoms with Crippen LogP contribution in [0.1, 0.15) is 41.6 Å². The third-order valence-electron chi connectivity index (χ3n) is 6.95. The molecule has 2 aliphatic rings. The summed E-state index contributed by atoms with van der Waals surface area (Å²) in [6, 6.07) is 16.4. The molecule has 0 radical (unpaired) electrons. The van der Waals surface area contributed by atoms with Gasteiger partial charge in [0.1, 0.15) is 12.0 Å². The SMILES string of the molecule is O=C(NC1CC1)c1ccc(Nc2nc3c(-c4ccc(CN5CCC(F)CC5)c(F)c4)cccn3n2)cc1. The summed E-state index contributed by atoms with van der Waals surface area (Å²) in [5, 5.41) is 10.7. The zero-order valence-corrected chi connectivity index (χ0v) is 20.3. The van der Waals surface area contributed by atoms with Crippen molar-refractivity contribution in [1.29, 1.82) is 0 Å². The second-order valence-corrected chi connectivity index (χ2v) is 9.83. The van der Waals surface area contributed by atoms with Gasteiger partial charge in [0, 0.05) is 54.3 Å². The van der Waals surface area contributed by atoms with Gasteiger partial charge >= 0.3 is 0 Å². The molecule has 2 aromatic carbocycles. The average Bonchev–Trinajstić information content (AvgIpc) is 3.62. The van der Waals surface area contributed by atoms with Gasteiger partial charge in [0.05, 0.1) is 0 Å². The molecule has 3 heterocycles. The van der Waals surface area contributed by atoms with Crippen LogP contribution in [0.15, 0.2) is 60.8 Å². The van der Waals surface area contributed by atoms with Gasteiger partial charge in [-0.25, -0.2) is 13.3 Å². The Hall–Kier alpha value is -3.85. The van der Waals surface area contributed by atoms with E-state index in [4.69, 9.17) is 0 Å². The summed E-state index contributed by atoms with van der Waals surface area (Å²) in [5.74, 6) is 0.0497. The number of hydrogen-bond donors (Lipinski definition) is 2. The number of anilines is 2. The number of amides is 1. The topological polar surface area (TPSA) is 74.6 Å². The van der Waals surface area contributed by atoms with Gasteiger partial charge in [0.25, 0.3) is 5.91 Å². The predicted molar refractivity (Wildman–Crippen MR) is 138 cm³/mol. The number of benzene rings is 2. The molecule has 2 N–H and O–H groups in total. The Labute approximate surface area is 213 Å². The number of nitrogens with one attached hydrogen (secondary N) is 2.